The summed E-state index contributed by atoms with van der Waals surface area (Å²) in [6, 6.07) is 10.4. The second-order valence-electron chi connectivity index (χ2n) is 4.45. The van der Waals surface area contributed by atoms with Crippen molar-refractivity contribution in [3.05, 3.63) is 41.4 Å². The summed E-state index contributed by atoms with van der Waals surface area (Å²) in [6.45, 7) is 1.17. The van der Waals surface area contributed by atoms with Crippen LogP contribution in [0.15, 0.2) is 41.3 Å². The van der Waals surface area contributed by atoms with Crippen LogP contribution in [0, 0.1) is 0 Å². The van der Waals surface area contributed by atoms with Gasteiger partial charge in [-0.05, 0) is 32.1 Å². The lowest BCUT2D eigenvalue weighted by Gasteiger charge is -2.10. The zero-order valence-electron chi connectivity index (χ0n) is 11.6. The highest BCUT2D eigenvalue weighted by molar-refractivity contribution is 7.89. The molecule has 0 amide bonds. The van der Waals surface area contributed by atoms with Gasteiger partial charge in [-0.15, -0.1) is 12.4 Å². The molecule has 0 heterocycles. The van der Waals surface area contributed by atoms with Crippen molar-refractivity contribution < 1.29 is 8.42 Å². The maximum atomic E-state index is 12.3. The Kier molecular flexibility index (Phi) is 6.90. The summed E-state index contributed by atoms with van der Waals surface area (Å²) in [5.74, 6) is 0. The average molecular weight is 349 g/mol. The topological polar surface area (TPSA) is 58.2 Å². The molecule has 21 heavy (non-hydrogen) atoms. The smallest absolute Gasteiger partial charge is 0.241 e. The lowest BCUT2D eigenvalue weighted by atomic mass is 10.1. The first-order chi connectivity index (χ1) is 9.56. The van der Waals surface area contributed by atoms with Crippen molar-refractivity contribution in [1.82, 2.24) is 10.0 Å². The molecule has 0 fully saturated rings. The number of rotatable bonds is 6. The molecule has 2 aromatic rings. The fourth-order valence-corrected chi connectivity index (χ4v) is 3.53. The minimum Gasteiger partial charge on any atom is -0.320 e. The molecule has 0 saturated carbocycles. The Morgan fingerprint density at radius 3 is 2.38 bits per heavy atom. The third kappa shape index (κ3) is 4.31. The highest BCUT2D eigenvalue weighted by Crippen LogP contribution is 2.28. The fraction of sp³-hybridized carbons (Fsp3) is 0.286. The first-order valence-corrected chi connectivity index (χ1v) is 8.24. The molecule has 2 rings (SSSR count). The number of benzene rings is 2. The third-order valence-electron chi connectivity index (χ3n) is 3.02. The second-order valence-corrected chi connectivity index (χ2v) is 6.59. The molecule has 7 heteroatoms. The summed E-state index contributed by atoms with van der Waals surface area (Å²) in [5.41, 5.74) is 0. The fourth-order valence-electron chi connectivity index (χ4n) is 2.02. The summed E-state index contributed by atoms with van der Waals surface area (Å²) in [4.78, 5) is 0.266. The van der Waals surface area contributed by atoms with Crippen LogP contribution in [0.5, 0.6) is 0 Å². The zero-order chi connectivity index (χ0) is 14.6. The van der Waals surface area contributed by atoms with Gasteiger partial charge >= 0.3 is 0 Å². The van der Waals surface area contributed by atoms with E-state index in [-0.39, 0.29) is 17.3 Å². The lowest BCUT2D eigenvalue weighted by molar-refractivity contribution is 0.578. The van der Waals surface area contributed by atoms with Gasteiger partial charge in [-0.25, -0.2) is 13.1 Å². The molecule has 2 aromatic carbocycles. The van der Waals surface area contributed by atoms with Crippen LogP contribution in [-0.2, 0) is 10.0 Å². The van der Waals surface area contributed by atoms with Crippen LogP contribution in [0.25, 0.3) is 10.8 Å². The molecular formula is C14H18Cl2N2O2S. The number of hydrogen-bond donors (Lipinski definition) is 2. The Hall–Kier alpha value is -0.850. The van der Waals surface area contributed by atoms with Crippen molar-refractivity contribution >= 4 is 44.8 Å². The first kappa shape index (κ1) is 18.2. The van der Waals surface area contributed by atoms with Gasteiger partial charge < -0.3 is 5.32 Å². The van der Waals surface area contributed by atoms with Gasteiger partial charge in [0, 0.05) is 22.3 Å². The van der Waals surface area contributed by atoms with Crippen molar-refractivity contribution in [2.75, 3.05) is 20.1 Å². The normalized spacial score (nSPS) is 11.3. The van der Waals surface area contributed by atoms with E-state index in [0.717, 1.165) is 18.4 Å². The van der Waals surface area contributed by atoms with Gasteiger partial charge in [0.2, 0.25) is 10.0 Å². The van der Waals surface area contributed by atoms with Crippen LogP contribution < -0.4 is 10.0 Å². The van der Waals surface area contributed by atoms with E-state index in [1.54, 1.807) is 24.3 Å². The lowest BCUT2D eigenvalue weighted by Crippen LogP contribution is -2.27. The first-order valence-electron chi connectivity index (χ1n) is 6.38. The predicted molar refractivity (Wildman–Crippen MR) is 89.9 cm³/mol. The van der Waals surface area contributed by atoms with Crippen LogP contribution in [0.1, 0.15) is 6.42 Å². The van der Waals surface area contributed by atoms with Crippen LogP contribution >= 0.6 is 24.0 Å². The molecule has 2 N–H and O–H groups in total. The van der Waals surface area contributed by atoms with Crippen LogP contribution in [0.2, 0.25) is 5.02 Å². The molecule has 0 aliphatic rings. The maximum Gasteiger partial charge on any atom is 0.241 e. The molecule has 0 aliphatic carbocycles. The summed E-state index contributed by atoms with van der Waals surface area (Å²) in [5, 5.41) is 4.91. The van der Waals surface area contributed by atoms with Crippen molar-refractivity contribution in [1.29, 1.82) is 0 Å². The van der Waals surface area contributed by atoms with Crippen LogP contribution in [0.3, 0.4) is 0 Å². The summed E-state index contributed by atoms with van der Waals surface area (Å²) < 4.78 is 27.3. The molecule has 0 atom stereocenters. The number of sulfonamides is 1. The van der Waals surface area contributed by atoms with Crippen molar-refractivity contribution in [2.45, 2.75) is 11.3 Å². The SMILES string of the molecule is CNCCCNS(=O)(=O)c1ccc(Cl)c2ccccc12.Cl. The van der Waals surface area contributed by atoms with Gasteiger partial charge in [0.15, 0.2) is 0 Å². The standard InChI is InChI=1S/C14H17ClN2O2S.ClH/c1-16-9-4-10-17-20(18,19)14-8-7-13(15)11-5-2-3-6-12(11)14;/h2-3,5-8,16-17H,4,9-10H2,1H3;1H. The molecule has 4 nitrogen and oxygen atoms in total. The van der Waals surface area contributed by atoms with E-state index in [1.807, 2.05) is 19.2 Å². The van der Waals surface area contributed by atoms with E-state index in [4.69, 9.17) is 11.6 Å². The monoisotopic (exact) mass is 348 g/mol. The van der Waals surface area contributed by atoms with E-state index >= 15 is 0 Å². The molecule has 0 aromatic heterocycles. The molecule has 0 aliphatic heterocycles. The number of hydrogen-bond acceptors (Lipinski definition) is 3. The van der Waals surface area contributed by atoms with Gasteiger partial charge in [0.25, 0.3) is 0 Å². The van der Waals surface area contributed by atoms with Crippen molar-refractivity contribution in [3.8, 4) is 0 Å². The highest BCUT2D eigenvalue weighted by atomic mass is 35.5. The third-order valence-corrected chi connectivity index (χ3v) is 4.86. The van der Waals surface area contributed by atoms with E-state index in [0.29, 0.717) is 17.0 Å². The van der Waals surface area contributed by atoms with Crippen molar-refractivity contribution in [3.63, 3.8) is 0 Å². The second kappa shape index (κ2) is 7.96. The summed E-state index contributed by atoms with van der Waals surface area (Å²) in [7, 11) is -1.69. The Morgan fingerprint density at radius 2 is 1.71 bits per heavy atom. The zero-order valence-corrected chi connectivity index (χ0v) is 14.0. The van der Waals surface area contributed by atoms with Gasteiger partial charge in [-0.1, -0.05) is 35.9 Å². The molecule has 0 bridgehead atoms. The minimum absolute atomic E-state index is 0. The molecule has 116 valence electrons. The minimum atomic E-state index is -3.52. The van der Waals surface area contributed by atoms with E-state index < -0.39 is 10.0 Å². The van der Waals surface area contributed by atoms with E-state index in [1.165, 1.54) is 0 Å². The van der Waals surface area contributed by atoms with Crippen LogP contribution in [-0.4, -0.2) is 28.6 Å². The Balaban J connectivity index is 0.00000220. The molecule has 0 spiro atoms. The van der Waals surface area contributed by atoms with Crippen LogP contribution in [0.4, 0.5) is 0 Å². The predicted octanol–water partition coefficient (Wildman–Crippen LogP) is 2.80. The molecule has 0 radical (unpaired) electrons. The van der Waals surface area contributed by atoms with E-state index in [9.17, 15) is 8.42 Å². The Labute approximate surface area is 136 Å². The number of nitrogens with one attached hydrogen (secondary N) is 2. The Morgan fingerprint density at radius 1 is 1.05 bits per heavy atom. The van der Waals surface area contributed by atoms with Gasteiger partial charge in [-0.3, -0.25) is 0 Å². The molecular weight excluding hydrogens is 331 g/mol. The number of fused-ring (bicyclic) bond motifs is 1. The summed E-state index contributed by atoms with van der Waals surface area (Å²) >= 11 is 6.10. The average Bonchev–Trinajstić information content (AvgIpc) is 2.44. The molecule has 0 unspecified atom stereocenters. The Bertz CT molecular complexity index is 705. The highest BCUT2D eigenvalue weighted by Gasteiger charge is 2.17. The summed E-state index contributed by atoms with van der Waals surface area (Å²) in [6.07, 6.45) is 0.737. The maximum absolute atomic E-state index is 12.3. The van der Waals surface area contributed by atoms with Crippen molar-refractivity contribution in [2.24, 2.45) is 0 Å². The molecule has 0 saturated heterocycles. The quantitative estimate of drug-likeness (QED) is 0.789. The van der Waals surface area contributed by atoms with Gasteiger partial charge in [-0.2, -0.15) is 0 Å². The van der Waals surface area contributed by atoms with Gasteiger partial charge in [0.05, 0.1) is 4.90 Å². The van der Waals surface area contributed by atoms with Gasteiger partial charge in [0.1, 0.15) is 0 Å². The largest absolute Gasteiger partial charge is 0.320 e. The number of halogens is 2. The van der Waals surface area contributed by atoms with E-state index in [2.05, 4.69) is 10.0 Å².